The number of carbonyl (C=O) groups is 1. The Morgan fingerprint density at radius 1 is 1.25 bits per heavy atom. The zero-order chi connectivity index (χ0) is 16.7. The maximum absolute atomic E-state index is 13.8. The highest BCUT2D eigenvalue weighted by molar-refractivity contribution is 5.84. The molecule has 1 unspecified atom stereocenters. The van der Waals surface area contributed by atoms with Gasteiger partial charge in [-0.1, -0.05) is 19.1 Å². The van der Waals surface area contributed by atoms with Crippen molar-refractivity contribution in [3.8, 4) is 17.4 Å². The van der Waals surface area contributed by atoms with Crippen molar-refractivity contribution in [2.24, 2.45) is 0 Å². The molecule has 0 aliphatic carbocycles. The van der Waals surface area contributed by atoms with Crippen LogP contribution in [0.3, 0.4) is 0 Å². The SMILES string of the molecule is CC1CC(=O)Oc2cc(Oc3ncnc4c(F)cccc34)ccc21. The van der Waals surface area contributed by atoms with Gasteiger partial charge in [-0.15, -0.1) is 0 Å². The first kappa shape index (κ1) is 14.6. The highest BCUT2D eigenvalue weighted by Crippen LogP contribution is 2.38. The lowest BCUT2D eigenvalue weighted by Gasteiger charge is -2.21. The van der Waals surface area contributed by atoms with Crippen molar-refractivity contribution in [2.45, 2.75) is 19.3 Å². The normalized spacial score (nSPS) is 16.6. The Bertz CT molecular complexity index is 958. The average Bonchev–Trinajstić information content (AvgIpc) is 2.55. The van der Waals surface area contributed by atoms with Gasteiger partial charge in [0.1, 0.15) is 29.2 Å². The van der Waals surface area contributed by atoms with E-state index >= 15 is 0 Å². The molecule has 0 saturated heterocycles. The van der Waals surface area contributed by atoms with Crippen molar-refractivity contribution < 1.29 is 18.7 Å². The molecule has 1 atom stereocenters. The monoisotopic (exact) mass is 324 g/mol. The summed E-state index contributed by atoms with van der Waals surface area (Å²) in [5, 5.41) is 0.473. The van der Waals surface area contributed by atoms with E-state index in [-0.39, 0.29) is 23.3 Å². The highest BCUT2D eigenvalue weighted by Gasteiger charge is 2.24. The molecule has 0 bridgehead atoms. The van der Waals surface area contributed by atoms with E-state index in [1.165, 1.54) is 12.4 Å². The smallest absolute Gasteiger partial charge is 0.311 e. The molecule has 1 aliphatic heterocycles. The van der Waals surface area contributed by atoms with Crippen molar-refractivity contribution in [3.05, 3.63) is 54.1 Å². The van der Waals surface area contributed by atoms with Gasteiger partial charge in [0, 0.05) is 6.07 Å². The third-order valence-electron chi connectivity index (χ3n) is 4.01. The fraction of sp³-hybridized carbons (Fsp3) is 0.167. The minimum atomic E-state index is -0.437. The predicted octanol–water partition coefficient (Wildman–Crippen LogP) is 3.97. The van der Waals surface area contributed by atoms with Gasteiger partial charge >= 0.3 is 5.97 Å². The van der Waals surface area contributed by atoms with Crippen LogP contribution in [0.25, 0.3) is 10.9 Å². The summed E-state index contributed by atoms with van der Waals surface area (Å²) in [5.41, 5.74) is 1.15. The molecule has 0 spiro atoms. The Labute approximate surface area is 137 Å². The second kappa shape index (κ2) is 5.56. The van der Waals surface area contributed by atoms with Crippen molar-refractivity contribution in [2.75, 3.05) is 0 Å². The molecule has 0 amide bonds. The number of halogens is 1. The minimum absolute atomic E-state index is 0.101. The fourth-order valence-corrected chi connectivity index (χ4v) is 2.82. The zero-order valence-corrected chi connectivity index (χ0v) is 12.8. The van der Waals surface area contributed by atoms with Gasteiger partial charge in [0.2, 0.25) is 5.88 Å². The summed E-state index contributed by atoms with van der Waals surface area (Å²) < 4.78 is 24.9. The summed E-state index contributed by atoms with van der Waals surface area (Å²) >= 11 is 0. The van der Waals surface area contributed by atoms with E-state index in [9.17, 15) is 9.18 Å². The maximum atomic E-state index is 13.8. The largest absolute Gasteiger partial charge is 0.438 e. The molecule has 3 aromatic rings. The van der Waals surface area contributed by atoms with E-state index in [1.54, 1.807) is 24.3 Å². The molecule has 120 valence electrons. The van der Waals surface area contributed by atoms with Crippen LogP contribution in [0.4, 0.5) is 4.39 Å². The quantitative estimate of drug-likeness (QED) is 0.527. The summed E-state index contributed by atoms with van der Waals surface area (Å²) in [7, 11) is 0. The van der Waals surface area contributed by atoms with Gasteiger partial charge in [0.05, 0.1) is 11.8 Å². The van der Waals surface area contributed by atoms with E-state index in [0.29, 0.717) is 23.3 Å². The van der Waals surface area contributed by atoms with Gasteiger partial charge in [-0.2, -0.15) is 0 Å². The van der Waals surface area contributed by atoms with Gasteiger partial charge < -0.3 is 9.47 Å². The molecular formula is C18H13FN2O3. The summed E-state index contributed by atoms with van der Waals surface area (Å²) in [5.74, 6) is 0.592. The van der Waals surface area contributed by atoms with E-state index in [0.717, 1.165) is 5.56 Å². The Kier molecular flexibility index (Phi) is 3.37. The molecule has 5 nitrogen and oxygen atoms in total. The van der Waals surface area contributed by atoms with Gasteiger partial charge in [0.25, 0.3) is 0 Å². The van der Waals surface area contributed by atoms with Gasteiger partial charge in [-0.3, -0.25) is 4.79 Å². The highest BCUT2D eigenvalue weighted by atomic mass is 19.1. The summed E-state index contributed by atoms with van der Waals surface area (Å²) in [6.07, 6.45) is 1.62. The Morgan fingerprint density at radius 3 is 3.00 bits per heavy atom. The van der Waals surface area contributed by atoms with Gasteiger partial charge in [-0.25, -0.2) is 14.4 Å². The first-order valence-electron chi connectivity index (χ1n) is 7.53. The Hall–Kier alpha value is -3.02. The molecule has 4 rings (SSSR count). The molecular weight excluding hydrogens is 311 g/mol. The number of benzene rings is 2. The van der Waals surface area contributed by atoms with Crippen LogP contribution < -0.4 is 9.47 Å². The Balaban J connectivity index is 1.73. The first-order chi connectivity index (χ1) is 11.6. The number of hydrogen-bond donors (Lipinski definition) is 0. The number of rotatable bonds is 2. The molecule has 0 fully saturated rings. The number of nitrogens with zero attached hydrogens (tertiary/aromatic N) is 2. The van der Waals surface area contributed by atoms with Crippen LogP contribution in [0.15, 0.2) is 42.7 Å². The first-order valence-corrected chi connectivity index (χ1v) is 7.53. The van der Waals surface area contributed by atoms with Crippen LogP contribution in [-0.2, 0) is 4.79 Å². The van der Waals surface area contributed by atoms with Crippen LogP contribution in [-0.4, -0.2) is 15.9 Å². The molecule has 0 N–H and O–H groups in total. The van der Waals surface area contributed by atoms with Gasteiger partial charge in [-0.05, 0) is 29.7 Å². The number of carbonyl (C=O) groups excluding carboxylic acids is 1. The summed E-state index contributed by atoms with van der Waals surface area (Å²) in [4.78, 5) is 19.6. The summed E-state index contributed by atoms with van der Waals surface area (Å²) in [6, 6.07) is 9.89. The van der Waals surface area contributed by atoms with Crippen molar-refractivity contribution in [1.82, 2.24) is 9.97 Å². The molecule has 0 radical (unpaired) electrons. The van der Waals surface area contributed by atoms with Crippen LogP contribution >= 0.6 is 0 Å². The second-order valence-corrected chi connectivity index (χ2v) is 5.70. The number of para-hydroxylation sites is 1. The molecule has 6 heteroatoms. The van der Waals surface area contributed by atoms with Crippen LogP contribution in [0.1, 0.15) is 24.8 Å². The van der Waals surface area contributed by atoms with Crippen molar-refractivity contribution >= 4 is 16.9 Å². The standard InChI is InChI=1S/C18H13FN2O3/c1-10-7-16(22)24-15-8-11(5-6-12(10)15)23-18-13-3-2-4-14(19)17(13)20-9-21-18/h2-6,8-10H,7H2,1H3. The fourth-order valence-electron chi connectivity index (χ4n) is 2.82. The maximum Gasteiger partial charge on any atom is 0.311 e. The topological polar surface area (TPSA) is 61.3 Å². The van der Waals surface area contributed by atoms with Crippen molar-refractivity contribution in [3.63, 3.8) is 0 Å². The second-order valence-electron chi connectivity index (χ2n) is 5.70. The molecule has 1 aromatic heterocycles. The van der Waals surface area contributed by atoms with Crippen LogP contribution in [0.2, 0.25) is 0 Å². The number of esters is 1. The predicted molar refractivity (Wildman–Crippen MR) is 84.7 cm³/mol. The van der Waals surface area contributed by atoms with E-state index in [1.807, 2.05) is 13.0 Å². The lowest BCUT2D eigenvalue weighted by Crippen LogP contribution is -2.18. The van der Waals surface area contributed by atoms with Gasteiger partial charge in [0.15, 0.2) is 0 Å². The van der Waals surface area contributed by atoms with Crippen LogP contribution in [0, 0.1) is 5.82 Å². The zero-order valence-electron chi connectivity index (χ0n) is 12.8. The molecule has 0 saturated carbocycles. The minimum Gasteiger partial charge on any atom is -0.438 e. The summed E-state index contributed by atoms with van der Waals surface area (Å²) in [6.45, 7) is 1.97. The van der Waals surface area contributed by atoms with E-state index < -0.39 is 5.82 Å². The van der Waals surface area contributed by atoms with Crippen molar-refractivity contribution in [1.29, 1.82) is 0 Å². The molecule has 2 aromatic carbocycles. The van der Waals surface area contributed by atoms with Crippen LogP contribution in [0.5, 0.6) is 17.4 Å². The number of hydrogen-bond acceptors (Lipinski definition) is 5. The Morgan fingerprint density at radius 2 is 2.12 bits per heavy atom. The average molecular weight is 324 g/mol. The lowest BCUT2D eigenvalue weighted by atomic mass is 9.95. The number of fused-ring (bicyclic) bond motifs is 2. The third kappa shape index (κ3) is 2.46. The molecule has 1 aliphatic rings. The van der Waals surface area contributed by atoms with E-state index in [4.69, 9.17) is 9.47 Å². The lowest BCUT2D eigenvalue weighted by molar-refractivity contribution is -0.135. The molecule has 2 heterocycles. The molecule has 24 heavy (non-hydrogen) atoms. The number of ether oxygens (including phenoxy) is 2. The third-order valence-corrected chi connectivity index (χ3v) is 4.01. The van der Waals surface area contributed by atoms with E-state index in [2.05, 4.69) is 9.97 Å². The number of aromatic nitrogens is 2.